The second kappa shape index (κ2) is 6.36. The molecule has 0 aromatic carbocycles. The molecule has 6 nitrogen and oxygen atoms in total. The first-order valence-electron chi connectivity index (χ1n) is 6.79. The summed E-state index contributed by atoms with van der Waals surface area (Å²) in [5, 5.41) is 8.60. The zero-order valence-corrected chi connectivity index (χ0v) is 12.6. The van der Waals surface area contributed by atoms with Gasteiger partial charge in [0.1, 0.15) is 4.90 Å². The summed E-state index contributed by atoms with van der Waals surface area (Å²) >= 11 is 0. The largest absolute Gasteiger partial charge is 0.478 e. The maximum atomic E-state index is 12.5. The minimum absolute atomic E-state index is 0.104. The predicted octanol–water partition coefficient (Wildman–Crippen LogP) is 1.60. The fourth-order valence-corrected chi connectivity index (χ4v) is 3.86. The highest BCUT2D eigenvalue weighted by Crippen LogP contribution is 2.26. The van der Waals surface area contributed by atoms with Crippen LogP contribution in [0.2, 0.25) is 0 Å². The highest BCUT2D eigenvalue weighted by Gasteiger charge is 2.31. The zero-order valence-electron chi connectivity index (χ0n) is 11.8. The Labute approximate surface area is 124 Å². The normalized spacial score (nSPS) is 20.1. The Morgan fingerprint density at radius 3 is 2.90 bits per heavy atom. The number of sulfonamides is 1. The summed E-state index contributed by atoms with van der Waals surface area (Å²) in [6.07, 6.45) is 6.85. The Balaban J connectivity index is 2.24. The van der Waals surface area contributed by atoms with Crippen LogP contribution in [-0.2, 0) is 14.8 Å². The Bertz CT molecular complexity index is 655. The Morgan fingerprint density at radius 1 is 1.52 bits per heavy atom. The van der Waals surface area contributed by atoms with Crippen molar-refractivity contribution in [1.82, 2.24) is 9.29 Å². The Hall–Kier alpha value is -1.73. The summed E-state index contributed by atoms with van der Waals surface area (Å²) in [7, 11) is -3.55. The summed E-state index contributed by atoms with van der Waals surface area (Å²) in [5.41, 5.74) is 0.449. The standard InChI is InChI=1S/C14H18N2O4S/c1-2-11-5-6-16(10-11)21(19,20)13-7-12(8-15-9-13)3-4-14(17)18/h3-4,7-9,11H,2,5-6,10H2,1H3,(H,17,18)/b4-3+. The van der Waals surface area contributed by atoms with Gasteiger partial charge in [0.15, 0.2) is 0 Å². The lowest BCUT2D eigenvalue weighted by Gasteiger charge is -2.16. The molecule has 0 radical (unpaired) electrons. The first-order valence-corrected chi connectivity index (χ1v) is 8.23. The van der Waals surface area contributed by atoms with Crippen molar-refractivity contribution >= 4 is 22.1 Å². The number of rotatable bonds is 5. The van der Waals surface area contributed by atoms with Crippen LogP contribution in [-0.4, -0.2) is 41.9 Å². The molecule has 0 aliphatic carbocycles. The second-order valence-electron chi connectivity index (χ2n) is 5.05. The van der Waals surface area contributed by atoms with Crippen LogP contribution in [0.25, 0.3) is 6.08 Å². The second-order valence-corrected chi connectivity index (χ2v) is 6.99. The molecular weight excluding hydrogens is 292 g/mol. The molecule has 21 heavy (non-hydrogen) atoms. The zero-order chi connectivity index (χ0) is 15.5. The molecule has 1 aliphatic rings. The van der Waals surface area contributed by atoms with Crippen LogP contribution in [0.1, 0.15) is 25.3 Å². The minimum atomic E-state index is -3.55. The third-order valence-electron chi connectivity index (χ3n) is 3.62. The molecule has 2 heterocycles. The van der Waals surface area contributed by atoms with Crippen molar-refractivity contribution in [2.75, 3.05) is 13.1 Å². The first kappa shape index (κ1) is 15.7. The predicted molar refractivity (Wildman–Crippen MR) is 78.1 cm³/mol. The maximum absolute atomic E-state index is 12.5. The molecule has 1 aromatic rings. The maximum Gasteiger partial charge on any atom is 0.328 e. The number of carboxylic acid groups (broad SMARTS) is 1. The summed E-state index contributed by atoms with van der Waals surface area (Å²) in [6, 6.07) is 1.45. The lowest BCUT2D eigenvalue weighted by atomic mass is 10.1. The van der Waals surface area contributed by atoms with Crippen molar-refractivity contribution in [1.29, 1.82) is 0 Å². The molecule has 1 saturated heterocycles. The van der Waals surface area contributed by atoms with E-state index in [1.54, 1.807) is 0 Å². The van der Waals surface area contributed by atoms with Crippen LogP contribution in [0, 0.1) is 5.92 Å². The lowest BCUT2D eigenvalue weighted by Crippen LogP contribution is -2.29. The smallest absolute Gasteiger partial charge is 0.328 e. The summed E-state index contributed by atoms with van der Waals surface area (Å²) in [6.45, 7) is 3.11. The number of aromatic nitrogens is 1. The molecule has 1 aromatic heterocycles. The third kappa shape index (κ3) is 3.68. The van der Waals surface area contributed by atoms with E-state index in [1.165, 1.54) is 28.8 Å². The van der Waals surface area contributed by atoms with E-state index in [0.29, 0.717) is 24.6 Å². The number of carbonyl (C=O) groups is 1. The molecule has 7 heteroatoms. The van der Waals surface area contributed by atoms with Crippen molar-refractivity contribution in [2.45, 2.75) is 24.7 Å². The Morgan fingerprint density at radius 2 is 2.29 bits per heavy atom. The van der Waals surface area contributed by atoms with Gasteiger partial charge >= 0.3 is 5.97 Å². The molecule has 1 atom stereocenters. The topological polar surface area (TPSA) is 87.6 Å². The molecule has 0 bridgehead atoms. The van der Waals surface area contributed by atoms with Crippen LogP contribution in [0.4, 0.5) is 0 Å². The van der Waals surface area contributed by atoms with Crippen molar-refractivity contribution in [3.63, 3.8) is 0 Å². The molecule has 114 valence electrons. The lowest BCUT2D eigenvalue weighted by molar-refractivity contribution is -0.131. The SMILES string of the molecule is CCC1CCN(S(=O)(=O)c2cncc(/C=C/C(=O)O)c2)C1. The summed E-state index contributed by atoms with van der Waals surface area (Å²) < 4.78 is 26.5. The van der Waals surface area contributed by atoms with Gasteiger partial charge in [-0.25, -0.2) is 13.2 Å². The molecule has 1 N–H and O–H groups in total. The van der Waals surface area contributed by atoms with Crippen molar-refractivity contribution in [2.24, 2.45) is 5.92 Å². The summed E-state index contributed by atoms with van der Waals surface area (Å²) in [5.74, 6) is -0.684. The quantitative estimate of drug-likeness (QED) is 0.835. The number of carboxylic acids is 1. The van der Waals surface area contributed by atoms with E-state index in [4.69, 9.17) is 5.11 Å². The van der Waals surface area contributed by atoms with Gasteiger partial charge in [0.05, 0.1) is 0 Å². The number of hydrogen-bond acceptors (Lipinski definition) is 4. The van der Waals surface area contributed by atoms with Crippen LogP contribution in [0.3, 0.4) is 0 Å². The molecule has 2 rings (SSSR count). The van der Waals surface area contributed by atoms with Crippen molar-refractivity contribution in [3.8, 4) is 0 Å². The van der Waals surface area contributed by atoms with Crippen LogP contribution in [0.15, 0.2) is 29.4 Å². The van der Waals surface area contributed by atoms with Crippen LogP contribution >= 0.6 is 0 Å². The van der Waals surface area contributed by atoms with E-state index in [2.05, 4.69) is 11.9 Å². The fraction of sp³-hybridized carbons (Fsp3) is 0.429. The molecular formula is C14H18N2O4S. The average molecular weight is 310 g/mol. The van der Waals surface area contributed by atoms with E-state index in [-0.39, 0.29) is 4.90 Å². The van der Waals surface area contributed by atoms with Crippen LogP contribution < -0.4 is 0 Å². The van der Waals surface area contributed by atoms with Crippen molar-refractivity contribution in [3.05, 3.63) is 30.1 Å². The molecule has 1 unspecified atom stereocenters. The molecule has 1 fully saturated rings. The molecule has 0 spiro atoms. The van der Waals surface area contributed by atoms with E-state index < -0.39 is 16.0 Å². The highest BCUT2D eigenvalue weighted by molar-refractivity contribution is 7.89. The van der Waals surface area contributed by atoms with E-state index in [1.807, 2.05) is 0 Å². The van der Waals surface area contributed by atoms with Gasteiger partial charge in [-0.05, 0) is 30.0 Å². The molecule has 1 aliphatic heterocycles. The third-order valence-corrected chi connectivity index (χ3v) is 5.45. The van der Waals surface area contributed by atoms with Gasteiger partial charge in [-0.3, -0.25) is 4.98 Å². The van der Waals surface area contributed by atoms with E-state index in [9.17, 15) is 13.2 Å². The number of nitrogens with zero attached hydrogens (tertiary/aromatic N) is 2. The van der Waals surface area contributed by atoms with Gasteiger partial charge in [-0.15, -0.1) is 0 Å². The van der Waals surface area contributed by atoms with E-state index in [0.717, 1.165) is 18.9 Å². The van der Waals surface area contributed by atoms with Gasteiger partial charge in [-0.2, -0.15) is 4.31 Å². The van der Waals surface area contributed by atoms with Gasteiger partial charge in [0.2, 0.25) is 10.0 Å². The Kier molecular flexibility index (Phi) is 4.74. The van der Waals surface area contributed by atoms with E-state index >= 15 is 0 Å². The minimum Gasteiger partial charge on any atom is -0.478 e. The molecule has 0 amide bonds. The fourth-order valence-electron chi connectivity index (χ4n) is 2.33. The number of pyridine rings is 1. The molecule has 0 saturated carbocycles. The summed E-state index contributed by atoms with van der Waals surface area (Å²) in [4.78, 5) is 14.5. The monoisotopic (exact) mass is 310 g/mol. The first-order chi connectivity index (χ1) is 9.93. The van der Waals surface area contributed by atoms with Gasteiger partial charge in [0.25, 0.3) is 0 Å². The number of aliphatic carboxylic acids is 1. The van der Waals surface area contributed by atoms with Gasteiger partial charge in [-0.1, -0.05) is 13.3 Å². The highest BCUT2D eigenvalue weighted by atomic mass is 32.2. The van der Waals surface area contributed by atoms with Crippen LogP contribution in [0.5, 0.6) is 0 Å². The van der Waals surface area contributed by atoms with Crippen molar-refractivity contribution < 1.29 is 18.3 Å². The number of hydrogen-bond donors (Lipinski definition) is 1. The van der Waals surface area contributed by atoms with Gasteiger partial charge < -0.3 is 5.11 Å². The average Bonchev–Trinajstić information content (AvgIpc) is 2.95. The van der Waals surface area contributed by atoms with Gasteiger partial charge in [0, 0.05) is 31.6 Å².